The van der Waals surface area contributed by atoms with Gasteiger partial charge in [0.2, 0.25) is 0 Å². The second-order valence-electron chi connectivity index (χ2n) is 6.26. The zero-order chi connectivity index (χ0) is 19.8. The molecule has 0 radical (unpaired) electrons. The molecule has 6 nitrogen and oxygen atoms in total. The Labute approximate surface area is 167 Å². The molecule has 1 amide bonds. The standard InChI is InChI=1S/C21H20N2O4S/c22-12-15-5-3-6-16(11-15)23-20(24)13-27-21(25)18-8-1-2-9-19(18)28-14-17-7-4-10-26-17/h1-3,5-6,8-9,11,17H,4,7,10,13-14H2,(H,23,24)/t17-/m0/s1. The first-order valence-corrected chi connectivity index (χ1v) is 9.95. The van der Waals surface area contributed by atoms with Crippen molar-refractivity contribution in [3.63, 3.8) is 0 Å². The Hall–Kier alpha value is -2.82. The molecule has 1 aliphatic rings. The lowest BCUT2D eigenvalue weighted by Crippen LogP contribution is -2.21. The molecule has 0 spiro atoms. The second kappa shape index (κ2) is 9.93. The van der Waals surface area contributed by atoms with Gasteiger partial charge in [-0.25, -0.2) is 4.79 Å². The number of carbonyl (C=O) groups is 2. The van der Waals surface area contributed by atoms with Crippen LogP contribution in [0.15, 0.2) is 53.4 Å². The van der Waals surface area contributed by atoms with Crippen LogP contribution >= 0.6 is 11.8 Å². The van der Waals surface area contributed by atoms with Gasteiger partial charge in [-0.15, -0.1) is 11.8 Å². The molecular formula is C21H20N2O4S. The first kappa shape index (κ1) is 19.9. The van der Waals surface area contributed by atoms with E-state index < -0.39 is 18.5 Å². The number of esters is 1. The van der Waals surface area contributed by atoms with E-state index in [0.29, 0.717) is 16.8 Å². The maximum atomic E-state index is 12.4. The molecular weight excluding hydrogens is 376 g/mol. The van der Waals surface area contributed by atoms with E-state index in [1.807, 2.05) is 18.2 Å². The Morgan fingerprint density at radius 3 is 2.89 bits per heavy atom. The van der Waals surface area contributed by atoms with E-state index in [9.17, 15) is 9.59 Å². The quantitative estimate of drug-likeness (QED) is 0.568. The first-order chi connectivity index (χ1) is 13.7. The highest BCUT2D eigenvalue weighted by atomic mass is 32.2. The Morgan fingerprint density at radius 1 is 1.25 bits per heavy atom. The number of nitrogens with one attached hydrogen (secondary N) is 1. The molecule has 1 aliphatic heterocycles. The normalized spacial score (nSPS) is 15.6. The summed E-state index contributed by atoms with van der Waals surface area (Å²) in [5, 5.41) is 11.5. The number of amides is 1. The van der Waals surface area contributed by atoms with Gasteiger partial charge in [0, 0.05) is 22.9 Å². The summed E-state index contributed by atoms with van der Waals surface area (Å²) in [6.07, 6.45) is 2.32. The summed E-state index contributed by atoms with van der Waals surface area (Å²) in [5.74, 6) is -0.232. The summed E-state index contributed by atoms with van der Waals surface area (Å²) in [5.41, 5.74) is 1.35. The van der Waals surface area contributed by atoms with Gasteiger partial charge in [0.15, 0.2) is 6.61 Å². The topological polar surface area (TPSA) is 88.4 Å². The second-order valence-corrected chi connectivity index (χ2v) is 7.32. The Bertz CT molecular complexity index is 888. The van der Waals surface area contributed by atoms with Crippen molar-refractivity contribution in [3.05, 3.63) is 59.7 Å². The van der Waals surface area contributed by atoms with E-state index in [-0.39, 0.29) is 6.10 Å². The highest BCUT2D eigenvalue weighted by Gasteiger charge is 2.19. The highest BCUT2D eigenvalue weighted by molar-refractivity contribution is 7.99. The van der Waals surface area contributed by atoms with Crippen molar-refractivity contribution in [2.24, 2.45) is 0 Å². The average molecular weight is 396 g/mol. The molecule has 1 saturated heterocycles. The van der Waals surface area contributed by atoms with Crippen molar-refractivity contribution in [2.75, 3.05) is 24.3 Å². The number of nitriles is 1. The molecule has 1 heterocycles. The third-order valence-corrected chi connectivity index (χ3v) is 5.37. The largest absolute Gasteiger partial charge is 0.452 e. The molecule has 2 aromatic rings. The van der Waals surface area contributed by atoms with Crippen molar-refractivity contribution in [3.8, 4) is 6.07 Å². The lowest BCUT2D eigenvalue weighted by Gasteiger charge is -2.12. The van der Waals surface area contributed by atoms with Crippen LogP contribution in [0.2, 0.25) is 0 Å². The Kier molecular flexibility index (Phi) is 7.06. The number of thioether (sulfide) groups is 1. The van der Waals surface area contributed by atoms with Crippen LogP contribution < -0.4 is 5.32 Å². The SMILES string of the molecule is N#Cc1cccc(NC(=O)COC(=O)c2ccccc2SC[C@@H]2CCCO2)c1. The van der Waals surface area contributed by atoms with Crippen LogP contribution in [0.1, 0.15) is 28.8 Å². The van der Waals surface area contributed by atoms with Crippen LogP contribution in [0, 0.1) is 11.3 Å². The minimum absolute atomic E-state index is 0.212. The van der Waals surface area contributed by atoms with Gasteiger partial charge in [-0.3, -0.25) is 4.79 Å². The summed E-state index contributed by atoms with van der Waals surface area (Å²) in [4.78, 5) is 25.3. The fraction of sp³-hybridized carbons (Fsp3) is 0.286. The van der Waals surface area contributed by atoms with Crippen molar-refractivity contribution in [1.29, 1.82) is 5.26 Å². The number of benzene rings is 2. The Balaban J connectivity index is 1.54. The first-order valence-electron chi connectivity index (χ1n) is 8.96. The van der Waals surface area contributed by atoms with Gasteiger partial charge in [0.25, 0.3) is 5.91 Å². The molecule has 144 valence electrons. The smallest absolute Gasteiger partial charge is 0.339 e. The van der Waals surface area contributed by atoms with Crippen LogP contribution in [0.4, 0.5) is 5.69 Å². The molecule has 0 aromatic heterocycles. The molecule has 2 aromatic carbocycles. The fourth-order valence-electron chi connectivity index (χ4n) is 2.79. The zero-order valence-electron chi connectivity index (χ0n) is 15.2. The van der Waals surface area contributed by atoms with E-state index in [2.05, 4.69) is 5.32 Å². The van der Waals surface area contributed by atoms with Crippen LogP contribution in [0.5, 0.6) is 0 Å². The van der Waals surface area contributed by atoms with E-state index in [0.717, 1.165) is 30.1 Å². The van der Waals surface area contributed by atoms with E-state index in [1.165, 1.54) is 0 Å². The van der Waals surface area contributed by atoms with Crippen LogP contribution in [-0.4, -0.2) is 36.9 Å². The molecule has 7 heteroatoms. The van der Waals surface area contributed by atoms with Gasteiger partial charge in [-0.2, -0.15) is 5.26 Å². The number of nitrogens with zero attached hydrogens (tertiary/aromatic N) is 1. The number of hydrogen-bond donors (Lipinski definition) is 1. The van der Waals surface area contributed by atoms with Gasteiger partial charge in [-0.05, 0) is 43.2 Å². The number of hydrogen-bond acceptors (Lipinski definition) is 6. The van der Waals surface area contributed by atoms with E-state index in [4.69, 9.17) is 14.7 Å². The summed E-state index contributed by atoms with van der Waals surface area (Å²) in [7, 11) is 0. The van der Waals surface area contributed by atoms with Crippen LogP contribution in [0.25, 0.3) is 0 Å². The van der Waals surface area contributed by atoms with Crippen molar-refractivity contribution in [1.82, 2.24) is 0 Å². The monoisotopic (exact) mass is 396 g/mol. The highest BCUT2D eigenvalue weighted by Crippen LogP contribution is 2.27. The third kappa shape index (κ3) is 5.59. The summed E-state index contributed by atoms with van der Waals surface area (Å²) < 4.78 is 10.8. The molecule has 1 N–H and O–H groups in total. The predicted molar refractivity (Wildman–Crippen MR) is 106 cm³/mol. The van der Waals surface area contributed by atoms with Crippen LogP contribution in [-0.2, 0) is 14.3 Å². The molecule has 1 atom stereocenters. The molecule has 0 bridgehead atoms. The number of carbonyl (C=O) groups excluding carboxylic acids is 2. The Morgan fingerprint density at radius 2 is 2.11 bits per heavy atom. The maximum absolute atomic E-state index is 12.4. The van der Waals surface area contributed by atoms with E-state index >= 15 is 0 Å². The number of rotatable bonds is 7. The van der Waals surface area contributed by atoms with Crippen molar-refractivity contribution < 1.29 is 19.1 Å². The summed E-state index contributed by atoms with van der Waals surface area (Å²) in [6, 6.07) is 15.7. The van der Waals surface area contributed by atoms with Gasteiger partial charge in [0.1, 0.15) is 0 Å². The fourth-order valence-corrected chi connectivity index (χ4v) is 3.90. The summed E-state index contributed by atoms with van der Waals surface area (Å²) in [6.45, 7) is 0.391. The van der Waals surface area contributed by atoms with Gasteiger partial charge in [-0.1, -0.05) is 18.2 Å². The van der Waals surface area contributed by atoms with Crippen molar-refractivity contribution in [2.45, 2.75) is 23.8 Å². The number of anilines is 1. The lowest BCUT2D eigenvalue weighted by molar-refractivity contribution is -0.119. The summed E-state index contributed by atoms with van der Waals surface area (Å²) >= 11 is 1.56. The lowest BCUT2D eigenvalue weighted by atomic mass is 10.2. The van der Waals surface area contributed by atoms with Gasteiger partial charge < -0.3 is 14.8 Å². The average Bonchev–Trinajstić information content (AvgIpc) is 3.24. The van der Waals surface area contributed by atoms with Crippen molar-refractivity contribution >= 4 is 29.3 Å². The molecule has 0 unspecified atom stereocenters. The number of ether oxygens (including phenoxy) is 2. The third-order valence-electron chi connectivity index (χ3n) is 4.17. The van der Waals surface area contributed by atoms with Crippen LogP contribution in [0.3, 0.4) is 0 Å². The molecule has 1 fully saturated rings. The van der Waals surface area contributed by atoms with E-state index in [1.54, 1.807) is 48.2 Å². The molecule has 28 heavy (non-hydrogen) atoms. The zero-order valence-corrected chi connectivity index (χ0v) is 16.0. The minimum Gasteiger partial charge on any atom is -0.452 e. The minimum atomic E-state index is -0.545. The molecule has 0 saturated carbocycles. The predicted octanol–water partition coefficient (Wildman–Crippen LogP) is 3.62. The van der Waals surface area contributed by atoms with Gasteiger partial charge >= 0.3 is 5.97 Å². The van der Waals surface area contributed by atoms with Gasteiger partial charge in [0.05, 0.1) is 23.3 Å². The maximum Gasteiger partial charge on any atom is 0.339 e. The molecule has 0 aliphatic carbocycles. The molecule has 3 rings (SSSR count).